The molecule has 0 atom stereocenters. The van der Waals surface area contributed by atoms with Crippen LogP contribution in [0.5, 0.6) is 0 Å². The van der Waals surface area contributed by atoms with Gasteiger partial charge in [-0.15, -0.1) is 0 Å². The molecule has 1 saturated heterocycles. The van der Waals surface area contributed by atoms with Gasteiger partial charge in [-0.3, -0.25) is 4.98 Å². The van der Waals surface area contributed by atoms with Gasteiger partial charge >= 0.3 is 0 Å². The zero-order valence-electron chi connectivity index (χ0n) is 16.1. The van der Waals surface area contributed by atoms with Crippen molar-refractivity contribution in [2.45, 2.75) is 24.7 Å². The summed E-state index contributed by atoms with van der Waals surface area (Å²) in [7, 11) is 0. The van der Waals surface area contributed by atoms with Crippen LogP contribution >= 0.6 is 0 Å². The van der Waals surface area contributed by atoms with E-state index < -0.39 is 11.6 Å². The molecule has 4 nitrogen and oxygen atoms in total. The molecule has 1 aliphatic heterocycles. The molecule has 0 aliphatic carbocycles. The van der Waals surface area contributed by atoms with Gasteiger partial charge in [-0.1, -0.05) is 30.3 Å². The number of anilines is 1. The van der Waals surface area contributed by atoms with Crippen molar-refractivity contribution in [2.24, 2.45) is 0 Å². The summed E-state index contributed by atoms with van der Waals surface area (Å²) in [4.78, 5) is 8.56. The average molecular weight is 395 g/mol. The molecule has 150 valence electrons. The molecule has 0 amide bonds. The molecule has 2 heterocycles. The predicted octanol–water partition coefficient (Wildman–Crippen LogP) is 4.97. The first-order chi connectivity index (χ1) is 14.2. The monoisotopic (exact) mass is 395 g/mol. The molecule has 0 unspecified atom stereocenters. The predicted molar refractivity (Wildman–Crippen MR) is 109 cm³/mol. The fourth-order valence-electron chi connectivity index (χ4n) is 3.94. The fourth-order valence-corrected chi connectivity index (χ4v) is 3.94. The topological polar surface area (TPSA) is 47.0 Å². The van der Waals surface area contributed by atoms with Crippen molar-refractivity contribution in [3.8, 4) is 11.3 Å². The Morgan fingerprint density at radius 2 is 1.79 bits per heavy atom. The number of hydrogen-bond donors (Lipinski definition) is 1. The normalized spacial score (nSPS) is 15.8. The molecule has 2 aromatic carbocycles. The summed E-state index contributed by atoms with van der Waals surface area (Å²) in [6.45, 7) is 2.20. The number of rotatable bonds is 6. The number of benzene rings is 2. The van der Waals surface area contributed by atoms with Crippen LogP contribution in [0, 0.1) is 11.6 Å². The van der Waals surface area contributed by atoms with E-state index in [2.05, 4.69) is 39.6 Å². The highest BCUT2D eigenvalue weighted by molar-refractivity contribution is 5.60. The maximum atomic E-state index is 14.1. The van der Waals surface area contributed by atoms with E-state index in [1.54, 1.807) is 6.20 Å². The van der Waals surface area contributed by atoms with Crippen LogP contribution in [0.25, 0.3) is 11.3 Å². The van der Waals surface area contributed by atoms with Gasteiger partial charge in [-0.25, -0.2) is 13.8 Å². The first-order valence-electron chi connectivity index (χ1n) is 9.81. The fraction of sp³-hybridized carbons (Fsp3) is 0.304. The van der Waals surface area contributed by atoms with E-state index in [9.17, 15) is 8.78 Å². The Morgan fingerprint density at radius 3 is 2.59 bits per heavy atom. The summed E-state index contributed by atoms with van der Waals surface area (Å²) in [6, 6.07) is 13.9. The Kier molecular flexibility index (Phi) is 5.81. The van der Waals surface area contributed by atoms with Crippen LogP contribution in [0.4, 0.5) is 14.6 Å². The second-order valence-electron chi connectivity index (χ2n) is 7.35. The van der Waals surface area contributed by atoms with Gasteiger partial charge < -0.3 is 10.1 Å². The first-order valence-corrected chi connectivity index (χ1v) is 9.81. The first kappa shape index (κ1) is 19.5. The van der Waals surface area contributed by atoms with Gasteiger partial charge in [0.2, 0.25) is 0 Å². The Bertz CT molecular complexity index is 959. The highest BCUT2D eigenvalue weighted by Gasteiger charge is 2.33. The molecule has 0 spiro atoms. The van der Waals surface area contributed by atoms with Crippen LogP contribution in [-0.4, -0.2) is 29.7 Å². The van der Waals surface area contributed by atoms with Gasteiger partial charge in [-0.05, 0) is 43.0 Å². The van der Waals surface area contributed by atoms with Crippen molar-refractivity contribution in [3.63, 3.8) is 0 Å². The SMILES string of the molecule is Fc1ccc(F)c(-c2cncc(NCCC3(c4ccccc4)CCOCC3)n2)c1. The van der Waals surface area contributed by atoms with E-state index >= 15 is 0 Å². The molecule has 29 heavy (non-hydrogen) atoms. The van der Waals surface area contributed by atoms with Crippen LogP contribution in [0.2, 0.25) is 0 Å². The third-order valence-electron chi connectivity index (χ3n) is 5.58. The lowest BCUT2D eigenvalue weighted by molar-refractivity contribution is 0.0480. The van der Waals surface area contributed by atoms with Crippen molar-refractivity contribution in [3.05, 3.63) is 78.1 Å². The van der Waals surface area contributed by atoms with Gasteiger partial charge in [-0.2, -0.15) is 0 Å². The number of nitrogens with zero attached hydrogens (tertiary/aromatic N) is 2. The van der Waals surface area contributed by atoms with E-state index in [0.717, 1.165) is 50.7 Å². The van der Waals surface area contributed by atoms with Crippen LogP contribution in [0.3, 0.4) is 0 Å². The van der Waals surface area contributed by atoms with Gasteiger partial charge in [0, 0.05) is 30.7 Å². The quantitative estimate of drug-likeness (QED) is 0.640. The lowest BCUT2D eigenvalue weighted by Crippen LogP contribution is -2.35. The Hall–Kier alpha value is -2.86. The summed E-state index contributed by atoms with van der Waals surface area (Å²) in [5, 5.41) is 3.30. The van der Waals surface area contributed by atoms with Crippen molar-refractivity contribution < 1.29 is 13.5 Å². The molecule has 1 fully saturated rings. The molecular weight excluding hydrogens is 372 g/mol. The molecular formula is C23H23F2N3O. The Balaban J connectivity index is 1.48. The van der Waals surface area contributed by atoms with E-state index in [1.165, 1.54) is 11.8 Å². The standard InChI is InChI=1S/C23H23F2N3O/c24-18-6-7-20(25)19(14-18)21-15-26-16-22(28-21)27-11-8-23(9-12-29-13-10-23)17-4-2-1-3-5-17/h1-7,14-16H,8-13H2,(H,27,28). The van der Waals surface area contributed by atoms with Crippen LogP contribution in [-0.2, 0) is 10.2 Å². The number of aromatic nitrogens is 2. The van der Waals surface area contributed by atoms with Crippen LogP contribution in [0.1, 0.15) is 24.8 Å². The number of ether oxygens (including phenoxy) is 1. The Labute approximate surface area is 169 Å². The number of halogens is 2. The lowest BCUT2D eigenvalue weighted by Gasteiger charge is -2.38. The molecule has 6 heteroatoms. The number of nitrogens with one attached hydrogen (secondary N) is 1. The second kappa shape index (κ2) is 8.66. The number of hydrogen-bond acceptors (Lipinski definition) is 4. The molecule has 0 bridgehead atoms. The van der Waals surface area contributed by atoms with Crippen molar-refractivity contribution in [2.75, 3.05) is 25.1 Å². The van der Waals surface area contributed by atoms with E-state index in [4.69, 9.17) is 4.74 Å². The molecule has 1 aromatic heterocycles. The lowest BCUT2D eigenvalue weighted by atomic mass is 9.72. The zero-order valence-corrected chi connectivity index (χ0v) is 16.1. The maximum Gasteiger partial charge on any atom is 0.145 e. The van der Waals surface area contributed by atoms with Gasteiger partial charge in [0.15, 0.2) is 0 Å². The summed E-state index contributed by atoms with van der Waals surface area (Å²) in [5.41, 5.74) is 1.79. The summed E-state index contributed by atoms with van der Waals surface area (Å²) in [5.74, 6) is -0.490. The van der Waals surface area contributed by atoms with E-state index in [0.29, 0.717) is 18.1 Å². The zero-order chi connectivity index (χ0) is 20.1. The minimum absolute atomic E-state index is 0.0617. The van der Waals surface area contributed by atoms with E-state index in [-0.39, 0.29) is 11.0 Å². The highest BCUT2D eigenvalue weighted by atomic mass is 19.1. The summed E-state index contributed by atoms with van der Waals surface area (Å²) < 4.78 is 33.1. The third-order valence-corrected chi connectivity index (χ3v) is 5.58. The van der Waals surface area contributed by atoms with Crippen molar-refractivity contribution in [1.29, 1.82) is 0 Å². The van der Waals surface area contributed by atoms with Crippen molar-refractivity contribution in [1.82, 2.24) is 9.97 Å². The maximum absolute atomic E-state index is 14.1. The molecule has 1 N–H and O–H groups in total. The minimum atomic E-state index is -0.525. The molecule has 4 rings (SSSR count). The summed E-state index contributed by atoms with van der Waals surface area (Å²) in [6.07, 6.45) is 5.89. The summed E-state index contributed by atoms with van der Waals surface area (Å²) >= 11 is 0. The van der Waals surface area contributed by atoms with Gasteiger partial charge in [0.05, 0.1) is 18.1 Å². The largest absolute Gasteiger partial charge is 0.381 e. The smallest absolute Gasteiger partial charge is 0.145 e. The average Bonchev–Trinajstić information content (AvgIpc) is 2.77. The van der Waals surface area contributed by atoms with Crippen LogP contribution < -0.4 is 5.32 Å². The van der Waals surface area contributed by atoms with Gasteiger partial charge in [0.1, 0.15) is 17.5 Å². The Morgan fingerprint density at radius 1 is 1.00 bits per heavy atom. The third kappa shape index (κ3) is 4.43. The minimum Gasteiger partial charge on any atom is -0.381 e. The second-order valence-corrected chi connectivity index (χ2v) is 7.35. The molecule has 0 saturated carbocycles. The van der Waals surface area contributed by atoms with Crippen molar-refractivity contribution >= 4 is 5.82 Å². The van der Waals surface area contributed by atoms with E-state index in [1.807, 2.05) is 6.07 Å². The van der Waals surface area contributed by atoms with Crippen LogP contribution in [0.15, 0.2) is 60.9 Å². The van der Waals surface area contributed by atoms with Gasteiger partial charge in [0.25, 0.3) is 0 Å². The highest BCUT2D eigenvalue weighted by Crippen LogP contribution is 2.38. The molecule has 1 aliphatic rings. The molecule has 0 radical (unpaired) electrons. The molecule has 3 aromatic rings.